The molecular formula is C15H18N2O3. The molecule has 0 radical (unpaired) electrons. The Morgan fingerprint density at radius 2 is 1.25 bits per heavy atom. The second-order valence-corrected chi connectivity index (χ2v) is 4.38. The van der Waals surface area contributed by atoms with Gasteiger partial charge < -0.3 is 10.9 Å². The molecule has 106 valence electrons. The van der Waals surface area contributed by atoms with Gasteiger partial charge in [-0.1, -0.05) is 60.7 Å². The highest BCUT2D eigenvalue weighted by Crippen LogP contribution is 2.07. The number of hydrogen-bond donors (Lipinski definition) is 2. The molecule has 5 nitrogen and oxygen atoms in total. The monoisotopic (exact) mass is 274 g/mol. The second kappa shape index (κ2) is 8.66. The molecule has 5 heteroatoms. The van der Waals surface area contributed by atoms with Crippen molar-refractivity contribution >= 4 is 0 Å². The van der Waals surface area contributed by atoms with Gasteiger partial charge in [0.15, 0.2) is 0 Å². The molecule has 0 aliphatic carbocycles. The van der Waals surface area contributed by atoms with E-state index in [-0.39, 0.29) is 6.04 Å². The van der Waals surface area contributed by atoms with Crippen LogP contribution in [-0.2, 0) is 12.8 Å². The van der Waals surface area contributed by atoms with Crippen molar-refractivity contribution in [2.45, 2.75) is 18.9 Å². The van der Waals surface area contributed by atoms with Gasteiger partial charge in [0.25, 0.3) is 5.09 Å². The van der Waals surface area contributed by atoms with E-state index in [4.69, 9.17) is 21.1 Å². The van der Waals surface area contributed by atoms with Crippen LogP contribution in [0.5, 0.6) is 0 Å². The van der Waals surface area contributed by atoms with Crippen LogP contribution in [0, 0.1) is 10.1 Å². The summed E-state index contributed by atoms with van der Waals surface area (Å²) in [5.41, 5.74) is 8.76. The molecule has 20 heavy (non-hydrogen) atoms. The van der Waals surface area contributed by atoms with Gasteiger partial charge in [0, 0.05) is 6.04 Å². The summed E-state index contributed by atoms with van der Waals surface area (Å²) < 4.78 is 0. The van der Waals surface area contributed by atoms with Gasteiger partial charge in [-0.05, 0) is 24.0 Å². The topological polar surface area (TPSA) is 89.4 Å². The third kappa shape index (κ3) is 7.13. The van der Waals surface area contributed by atoms with E-state index in [1.54, 1.807) is 0 Å². The van der Waals surface area contributed by atoms with Gasteiger partial charge in [-0.15, -0.1) is 10.1 Å². The molecule has 0 saturated carbocycles. The van der Waals surface area contributed by atoms with Gasteiger partial charge in [-0.3, -0.25) is 0 Å². The van der Waals surface area contributed by atoms with Crippen LogP contribution in [0.3, 0.4) is 0 Å². The fourth-order valence-electron chi connectivity index (χ4n) is 1.91. The lowest BCUT2D eigenvalue weighted by atomic mass is 10.00. The molecule has 0 amide bonds. The maximum absolute atomic E-state index is 8.36. The normalized spacial score (nSPS) is 9.70. The lowest BCUT2D eigenvalue weighted by molar-refractivity contribution is -0.742. The Kier molecular flexibility index (Phi) is 6.78. The van der Waals surface area contributed by atoms with Crippen LogP contribution in [-0.4, -0.2) is 16.3 Å². The van der Waals surface area contributed by atoms with Crippen molar-refractivity contribution < 1.29 is 10.3 Å². The van der Waals surface area contributed by atoms with Crippen molar-refractivity contribution in [3.63, 3.8) is 0 Å². The Hall–Kier alpha value is -2.40. The number of hydrogen-bond acceptors (Lipinski definition) is 3. The minimum atomic E-state index is -1.50. The third-order valence-electron chi connectivity index (χ3n) is 2.68. The smallest absolute Gasteiger partial charge is 0.291 e. The second-order valence-electron chi connectivity index (χ2n) is 4.38. The van der Waals surface area contributed by atoms with Crippen molar-refractivity contribution in [2.24, 2.45) is 5.73 Å². The summed E-state index contributed by atoms with van der Waals surface area (Å²) in [5.74, 6) is 0. The van der Waals surface area contributed by atoms with Gasteiger partial charge in [-0.2, -0.15) is 0 Å². The summed E-state index contributed by atoms with van der Waals surface area (Å²) in [6.07, 6.45) is 1.88. The molecule has 2 rings (SSSR count). The highest BCUT2D eigenvalue weighted by Gasteiger charge is 2.04. The van der Waals surface area contributed by atoms with Crippen LogP contribution in [0.25, 0.3) is 0 Å². The van der Waals surface area contributed by atoms with Crippen LogP contribution >= 0.6 is 0 Å². The Balaban J connectivity index is 0.000000444. The largest absolute Gasteiger partial charge is 0.328 e. The first-order chi connectivity index (χ1) is 9.58. The summed E-state index contributed by atoms with van der Waals surface area (Å²) in [4.78, 5) is 8.36. The molecule has 2 aromatic rings. The summed E-state index contributed by atoms with van der Waals surface area (Å²) >= 11 is 0. The van der Waals surface area contributed by atoms with Gasteiger partial charge in [0.2, 0.25) is 0 Å². The molecule has 0 bridgehead atoms. The fraction of sp³-hybridized carbons (Fsp3) is 0.200. The number of nitrogens with zero attached hydrogens (tertiary/aromatic N) is 1. The minimum absolute atomic E-state index is 0.199. The summed E-state index contributed by atoms with van der Waals surface area (Å²) in [6, 6.07) is 21.0. The quantitative estimate of drug-likeness (QED) is 0.662. The Morgan fingerprint density at radius 3 is 1.55 bits per heavy atom. The van der Waals surface area contributed by atoms with Crippen LogP contribution in [0.4, 0.5) is 0 Å². The molecule has 0 aliphatic heterocycles. The molecule has 0 fully saturated rings. The third-order valence-corrected chi connectivity index (χ3v) is 2.68. The van der Waals surface area contributed by atoms with E-state index in [1.165, 1.54) is 11.1 Å². The van der Waals surface area contributed by atoms with Gasteiger partial charge >= 0.3 is 0 Å². The molecule has 0 atom stereocenters. The molecule has 3 N–H and O–H groups in total. The first-order valence-corrected chi connectivity index (χ1v) is 6.24. The van der Waals surface area contributed by atoms with E-state index in [0.29, 0.717) is 0 Å². The number of rotatable bonds is 4. The van der Waals surface area contributed by atoms with Crippen LogP contribution in [0.15, 0.2) is 60.7 Å². The molecule has 0 spiro atoms. The zero-order valence-corrected chi connectivity index (χ0v) is 11.1. The number of nitrogens with two attached hydrogens (primary N) is 1. The molecule has 0 aliphatic rings. The molecule has 2 aromatic carbocycles. The Bertz CT molecular complexity index is 458. The van der Waals surface area contributed by atoms with E-state index < -0.39 is 5.09 Å². The average Bonchev–Trinajstić information content (AvgIpc) is 2.40. The van der Waals surface area contributed by atoms with Gasteiger partial charge in [0.05, 0.1) is 0 Å². The lowest BCUT2D eigenvalue weighted by Gasteiger charge is -2.11. The standard InChI is InChI=1S/C15H17N.HNO3/c16-15(11-13-7-3-1-4-8-13)12-14-9-5-2-6-10-14;2-1(3)4/h1-10,15H,11-12,16H2;(H,2,3,4). The summed E-state index contributed by atoms with van der Waals surface area (Å²) in [6.45, 7) is 0. The molecule has 0 unspecified atom stereocenters. The van der Waals surface area contributed by atoms with Crippen molar-refractivity contribution in [2.75, 3.05) is 0 Å². The summed E-state index contributed by atoms with van der Waals surface area (Å²) in [7, 11) is 0. The lowest BCUT2D eigenvalue weighted by Crippen LogP contribution is -2.25. The van der Waals surface area contributed by atoms with Crippen molar-refractivity contribution in [1.82, 2.24) is 0 Å². The first-order valence-electron chi connectivity index (χ1n) is 6.24. The predicted molar refractivity (Wildman–Crippen MR) is 77.0 cm³/mol. The summed E-state index contributed by atoms with van der Waals surface area (Å²) in [5, 5.41) is 13.6. The molecule has 0 aromatic heterocycles. The van der Waals surface area contributed by atoms with E-state index in [9.17, 15) is 0 Å². The van der Waals surface area contributed by atoms with Crippen molar-refractivity contribution in [1.29, 1.82) is 0 Å². The maximum Gasteiger partial charge on any atom is 0.291 e. The zero-order chi connectivity index (χ0) is 14.8. The highest BCUT2D eigenvalue weighted by atomic mass is 16.9. The minimum Gasteiger partial charge on any atom is -0.328 e. The maximum atomic E-state index is 8.36. The van der Waals surface area contributed by atoms with Crippen LogP contribution < -0.4 is 5.73 Å². The van der Waals surface area contributed by atoms with Gasteiger partial charge in [-0.25, -0.2) is 0 Å². The van der Waals surface area contributed by atoms with Crippen molar-refractivity contribution in [3.05, 3.63) is 81.9 Å². The van der Waals surface area contributed by atoms with Crippen LogP contribution in [0.2, 0.25) is 0 Å². The van der Waals surface area contributed by atoms with Crippen LogP contribution in [0.1, 0.15) is 11.1 Å². The van der Waals surface area contributed by atoms with E-state index in [2.05, 4.69) is 48.5 Å². The van der Waals surface area contributed by atoms with E-state index >= 15 is 0 Å². The Morgan fingerprint density at radius 1 is 0.950 bits per heavy atom. The van der Waals surface area contributed by atoms with E-state index in [0.717, 1.165) is 12.8 Å². The fourth-order valence-corrected chi connectivity index (χ4v) is 1.91. The molecule has 0 saturated heterocycles. The van der Waals surface area contributed by atoms with Crippen molar-refractivity contribution in [3.8, 4) is 0 Å². The van der Waals surface area contributed by atoms with Gasteiger partial charge in [0.1, 0.15) is 0 Å². The first kappa shape index (κ1) is 15.7. The molecular weight excluding hydrogens is 256 g/mol. The highest BCUT2D eigenvalue weighted by molar-refractivity contribution is 5.19. The SMILES string of the molecule is NC(Cc1ccccc1)Cc1ccccc1.O=[N+]([O-])O. The predicted octanol–water partition coefficient (Wildman–Crippen LogP) is 2.45. The molecule has 0 heterocycles. The Labute approximate surface area is 117 Å². The average molecular weight is 274 g/mol. The van der Waals surface area contributed by atoms with E-state index in [1.807, 2.05) is 12.1 Å². The zero-order valence-electron chi connectivity index (χ0n) is 11.1. The number of benzene rings is 2.